The fraction of sp³-hybridized carbons (Fsp3) is 0.364. The van der Waals surface area contributed by atoms with Crippen molar-refractivity contribution in [3.8, 4) is 0 Å². The zero-order valence-corrected chi connectivity index (χ0v) is 15.9. The minimum absolute atomic E-state index is 0.0517. The Morgan fingerprint density at radius 2 is 1.75 bits per heavy atom. The summed E-state index contributed by atoms with van der Waals surface area (Å²) in [6.07, 6.45) is 3.72. The molecule has 1 fully saturated rings. The average molecular weight is 383 g/mol. The van der Waals surface area contributed by atoms with Gasteiger partial charge in [0.25, 0.3) is 5.91 Å². The average Bonchev–Trinajstić information content (AvgIpc) is 2.74. The van der Waals surface area contributed by atoms with E-state index < -0.39 is 0 Å². The second-order valence-corrected chi connectivity index (χ2v) is 7.00. The minimum atomic E-state index is -0.316. The maximum atomic E-state index is 13.6. The smallest absolute Gasteiger partial charge is 0.315 e. The predicted octanol–water partition coefficient (Wildman–Crippen LogP) is 3.49. The van der Waals surface area contributed by atoms with Crippen LogP contribution in [0.4, 0.5) is 9.18 Å². The van der Waals surface area contributed by atoms with Crippen LogP contribution in [0.1, 0.15) is 40.7 Å². The van der Waals surface area contributed by atoms with Gasteiger partial charge in [-0.2, -0.15) is 0 Å². The molecule has 0 unspecified atom stereocenters. The molecular formula is C22H26FN3O2. The zero-order chi connectivity index (χ0) is 19.8. The fourth-order valence-corrected chi connectivity index (χ4v) is 3.35. The molecule has 1 heterocycles. The van der Waals surface area contributed by atoms with Gasteiger partial charge in [-0.3, -0.25) is 4.79 Å². The summed E-state index contributed by atoms with van der Waals surface area (Å²) < 4.78 is 13.6. The molecule has 6 heteroatoms. The molecule has 2 aromatic carbocycles. The molecule has 1 aliphatic rings. The molecule has 0 aromatic heterocycles. The van der Waals surface area contributed by atoms with E-state index in [1.807, 2.05) is 29.2 Å². The summed E-state index contributed by atoms with van der Waals surface area (Å²) in [5.74, 6) is -0.212. The second kappa shape index (κ2) is 9.88. The molecule has 0 aliphatic carbocycles. The van der Waals surface area contributed by atoms with Gasteiger partial charge in [-0.1, -0.05) is 30.3 Å². The van der Waals surface area contributed by atoms with Crippen LogP contribution in [0.3, 0.4) is 0 Å². The number of urea groups is 1. The highest BCUT2D eigenvalue weighted by atomic mass is 19.1. The standard InChI is InChI=1S/C22H26FN3O2/c23-20-10-3-2-8-18(20)11-12-24-22(28)25-16-17-7-6-9-19(15-17)21(27)26-13-4-1-5-14-26/h2-3,6-10,15H,1,4-5,11-14,16H2,(H2,24,25,28). The third-order valence-electron chi connectivity index (χ3n) is 4.91. The highest BCUT2D eigenvalue weighted by Gasteiger charge is 2.18. The van der Waals surface area contributed by atoms with Crippen molar-refractivity contribution in [3.05, 3.63) is 71.0 Å². The van der Waals surface area contributed by atoms with E-state index in [-0.39, 0.29) is 17.8 Å². The zero-order valence-electron chi connectivity index (χ0n) is 15.9. The van der Waals surface area contributed by atoms with Crippen LogP contribution in [-0.4, -0.2) is 36.5 Å². The van der Waals surface area contributed by atoms with E-state index in [0.717, 1.165) is 31.5 Å². The Bertz CT molecular complexity index is 819. The van der Waals surface area contributed by atoms with Crippen LogP contribution in [0.15, 0.2) is 48.5 Å². The van der Waals surface area contributed by atoms with E-state index in [2.05, 4.69) is 10.6 Å². The molecule has 3 rings (SSSR count). The highest BCUT2D eigenvalue weighted by Crippen LogP contribution is 2.14. The van der Waals surface area contributed by atoms with Crippen LogP contribution in [0.2, 0.25) is 0 Å². The first-order valence-electron chi connectivity index (χ1n) is 9.77. The summed E-state index contributed by atoms with van der Waals surface area (Å²) in [5.41, 5.74) is 2.10. The topological polar surface area (TPSA) is 61.4 Å². The molecule has 0 saturated carbocycles. The van der Waals surface area contributed by atoms with Crippen molar-refractivity contribution in [1.82, 2.24) is 15.5 Å². The summed E-state index contributed by atoms with van der Waals surface area (Å²) in [6.45, 7) is 2.30. The van der Waals surface area contributed by atoms with Crippen molar-refractivity contribution in [2.75, 3.05) is 19.6 Å². The third-order valence-corrected chi connectivity index (χ3v) is 4.91. The van der Waals surface area contributed by atoms with Gasteiger partial charge in [0.2, 0.25) is 0 Å². The molecule has 0 radical (unpaired) electrons. The summed E-state index contributed by atoms with van der Waals surface area (Å²) in [5, 5.41) is 5.50. The largest absolute Gasteiger partial charge is 0.339 e. The molecule has 2 aromatic rings. The van der Waals surface area contributed by atoms with E-state index >= 15 is 0 Å². The molecule has 3 amide bonds. The number of amides is 3. The molecule has 1 saturated heterocycles. The van der Waals surface area contributed by atoms with Gasteiger partial charge in [-0.05, 0) is 55.0 Å². The molecular weight excluding hydrogens is 357 g/mol. The first-order chi connectivity index (χ1) is 13.6. The van der Waals surface area contributed by atoms with Crippen LogP contribution in [0.25, 0.3) is 0 Å². The quantitative estimate of drug-likeness (QED) is 0.802. The van der Waals surface area contributed by atoms with Crippen molar-refractivity contribution in [2.45, 2.75) is 32.2 Å². The van der Waals surface area contributed by atoms with Crippen LogP contribution in [0.5, 0.6) is 0 Å². The number of nitrogens with one attached hydrogen (secondary N) is 2. The Balaban J connectivity index is 1.45. The van der Waals surface area contributed by atoms with Gasteiger partial charge < -0.3 is 15.5 Å². The number of hydrogen-bond donors (Lipinski definition) is 2. The van der Waals surface area contributed by atoms with Crippen molar-refractivity contribution < 1.29 is 14.0 Å². The first kappa shape index (κ1) is 19.9. The van der Waals surface area contributed by atoms with Gasteiger partial charge in [0, 0.05) is 31.7 Å². The van der Waals surface area contributed by atoms with E-state index in [1.165, 1.54) is 12.5 Å². The van der Waals surface area contributed by atoms with E-state index in [0.29, 0.717) is 30.6 Å². The summed E-state index contributed by atoms with van der Waals surface area (Å²) in [4.78, 5) is 26.5. The van der Waals surface area contributed by atoms with Crippen LogP contribution in [0, 0.1) is 5.82 Å². The Kier molecular flexibility index (Phi) is 7.00. The van der Waals surface area contributed by atoms with Crippen molar-refractivity contribution in [1.29, 1.82) is 0 Å². The Morgan fingerprint density at radius 1 is 0.964 bits per heavy atom. The van der Waals surface area contributed by atoms with Gasteiger partial charge >= 0.3 is 6.03 Å². The normalized spacial score (nSPS) is 13.8. The number of halogens is 1. The Labute approximate surface area is 164 Å². The lowest BCUT2D eigenvalue weighted by molar-refractivity contribution is 0.0724. The number of benzene rings is 2. The van der Waals surface area contributed by atoms with Crippen molar-refractivity contribution in [3.63, 3.8) is 0 Å². The SMILES string of the molecule is O=C(NCCc1ccccc1F)NCc1cccc(C(=O)N2CCCCC2)c1. The van der Waals surface area contributed by atoms with Gasteiger partial charge in [0.05, 0.1) is 0 Å². The monoisotopic (exact) mass is 383 g/mol. The molecule has 28 heavy (non-hydrogen) atoms. The van der Waals surface area contributed by atoms with Crippen LogP contribution < -0.4 is 10.6 Å². The molecule has 1 aliphatic heterocycles. The number of carbonyl (C=O) groups excluding carboxylic acids is 2. The number of piperidine rings is 1. The Hall–Kier alpha value is -2.89. The van der Waals surface area contributed by atoms with Gasteiger partial charge in [-0.25, -0.2) is 9.18 Å². The van der Waals surface area contributed by atoms with Crippen LogP contribution in [-0.2, 0) is 13.0 Å². The summed E-state index contributed by atoms with van der Waals surface area (Å²) in [7, 11) is 0. The van der Waals surface area contributed by atoms with E-state index in [1.54, 1.807) is 18.2 Å². The fourth-order valence-electron chi connectivity index (χ4n) is 3.35. The lowest BCUT2D eigenvalue weighted by Gasteiger charge is -2.26. The highest BCUT2D eigenvalue weighted by molar-refractivity contribution is 5.94. The third kappa shape index (κ3) is 5.55. The molecule has 5 nitrogen and oxygen atoms in total. The Morgan fingerprint density at radius 3 is 2.54 bits per heavy atom. The van der Waals surface area contributed by atoms with Crippen LogP contribution >= 0.6 is 0 Å². The lowest BCUT2D eigenvalue weighted by atomic mass is 10.1. The van der Waals surface area contributed by atoms with E-state index in [4.69, 9.17) is 0 Å². The molecule has 148 valence electrons. The predicted molar refractivity (Wildman–Crippen MR) is 107 cm³/mol. The van der Waals surface area contributed by atoms with Gasteiger partial charge in [0.15, 0.2) is 0 Å². The number of hydrogen-bond acceptors (Lipinski definition) is 2. The molecule has 0 bridgehead atoms. The van der Waals surface area contributed by atoms with E-state index in [9.17, 15) is 14.0 Å². The number of likely N-dealkylation sites (tertiary alicyclic amines) is 1. The minimum Gasteiger partial charge on any atom is -0.339 e. The summed E-state index contributed by atoms with van der Waals surface area (Å²) >= 11 is 0. The number of rotatable bonds is 6. The molecule has 0 atom stereocenters. The molecule has 2 N–H and O–H groups in total. The van der Waals surface area contributed by atoms with Crippen molar-refractivity contribution >= 4 is 11.9 Å². The van der Waals surface area contributed by atoms with Crippen molar-refractivity contribution in [2.24, 2.45) is 0 Å². The van der Waals surface area contributed by atoms with Gasteiger partial charge in [-0.15, -0.1) is 0 Å². The number of carbonyl (C=O) groups is 2. The maximum absolute atomic E-state index is 13.6. The second-order valence-electron chi connectivity index (χ2n) is 7.00. The molecule has 0 spiro atoms. The maximum Gasteiger partial charge on any atom is 0.315 e. The lowest BCUT2D eigenvalue weighted by Crippen LogP contribution is -2.36. The first-order valence-corrected chi connectivity index (χ1v) is 9.77. The summed E-state index contributed by atoms with van der Waals surface area (Å²) in [6, 6.07) is 13.6. The number of nitrogens with zero attached hydrogens (tertiary/aromatic N) is 1. The van der Waals surface area contributed by atoms with Gasteiger partial charge in [0.1, 0.15) is 5.82 Å².